The van der Waals surface area contributed by atoms with Crippen molar-refractivity contribution in [3.05, 3.63) is 29.3 Å². The maximum atomic E-state index is 11.3. The number of carboxylic acid groups (broad SMARTS) is 1. The van der Waals surface area contributed by atoms with E-state index >= 15 is 0 Å². The number of carboxylic acids is 1. The maximum absolute atomic E-state index is 11.3. The van der Waals surface area contributed by atoms with E-state index in [2.05, 4.69) is 0 Å². The van der Waals surface area contributed by atoms with Crippen LogP contribution in [0.1, 0.15) is 24.5 Å². The van der Waals surface area contributed by atoms with E-state index in [4.69, 9.17) is 4.74 Å². The van der Waals surface area contributed by atoms with Gasteiger partial charge in [-0.2, -0.15) is 0 Å². The molecule has 3 heteroatoms. The van der Waals surface area contributed by atoms with E-state index in [1.807, 2.05) is 18.2 Å². The zero-order chi connectivity index (χ0) is 11.1. The third-order valence-corrected chi connectivity index (χ3v) is 3.25. The first-order chi connectivity index (χ1) is 7.09. The molecule has 1 atom stereocenters. The van der Waals surface area contributed by atoms with Crippen molar-refractivity contribution < 1.29 is 14.6 Å². The normalized spacial score (nSPS) is 23.6. The molecule has 15 heavy (non-hydrogen) atoms. The third-order valence-electron chi connectivity index (χ3n) is 3.25. The number of aryl methyl sites for hydroxylation is 1. The standard InChI is InChI=1S/C12H14O3/c1-12(11(13)14)7-6-8-4-3-5-9(15-2)10(8)12/h3-5H,6-7H2,1-2H3,(H,13,14)/t12-/m1/s1. The van der Waals surface area contributed by atoms with Gasteiger partial charge in [0.1, 0.15) is 5.75 Å². The van der Waals surface area contributed by atoms with Crippen LogP contribution in [0.2, 0.25) is 0 Å². The summed E-state index contributed by atoms with van der Waals surface area (Å²) in [5.41, 5.74) is 1.15. The summed E-state index contributed by atoms with van der Waals surface area (Å²) >= 11 is 0. The molecule has 0 amide bonds. The minimum absolute atomic E-state index is 0.651. The maximum Gasteiger partial charge on any atom is 0.313 e. The Balaban J connectivity index is 2.62. The number of benzene rings is 1. The molecule has 0 bridgehead atoms. The van der Waals surface area contributed by atoms with Gasteiger partial charge in [-0.05, 0) is 31.4 Å². The van der Waals surface area contributed by atoms with E-state index in [1.165, 1.54) is 0 Å². The van der Waals surface area contributed by atoms with Crippen molar-refractivity contribution in [2.45, 2.75) is 25.2 Å². The number of methoxy groups -OCH3 is 1. The molecule has 1 aromatic carbocycles. The number of fused-ring (bicyclic) bond motifs is 1. The Hall–Kier alpha value is -1.51. The van der Waals surface area contributed by atoms with Gasteiger partial charge in [0.15, 0.2) is 0 Å². The van der Waals surface area contributed by atoms with Crippen LogP contribution in [0, 0.1) is 0 Å². The first kappa shape index (κ1) is 10.0. The van der Waals surface area contributed by atoms with Crippen LogP contribution in [0.15, 0.2) is 18.2 Å². The molecule has 3 nitrogen and oxygen atoms in total. The first-order valence-corrected chi connectivity index (χ1v) is 4.99. The van der Waals surface area contributed by atoms with Crippen molar-refractivity contribution >= 4 is 5.97 Å². The molecular weight excluding hydrogens is 192 g/mol. The summed E-state index contributed by atoms with van der Waals surface area (Å²) in [5, 5.41) is 9.28. The number of hydrogen-bond donors (Lipinski definition) is 1. The third kappa shape index (κ3) is 1.30. The van der Waals surface area contributed by atoms with Crippen molar-refractivity contribution in [1.82, 2.24) is 0 Å². The average molecular weight is 206 g/mol. The van der Waals surface area contributed by atoms with Gasteiger partial charge < -0.3 is 9.84 Å². The van der Waals surface area contributed by atoms with Gasteiger partial charge in [-0.15, -0.1) is 0 Å². The number of ether oxygens (including phenoxy) is 1. The zero-order valence-electron chi connectivity index (χ0n) is 8.91. The van der Waals surface area contributed by atoms with E-state index in [9.17, 15) is 9.90 Å². The summed E-state index contributed by atoms with van der Waals surface area (Å²) in [6.45, 7) is 1.77. The Bertz CT molecular complexity index is 411. The van der Waals surface area contributed by atoms with Crippen LogP contribution in [-0.4, -0.2) is 18.2 Å². The molecule has 0 aromatic heterocycles. The second-order valence-corrected chi connectivity index (χ2v) is 4.13. The smallest absolute Gasteiger partial charge is 0.313 e. The van der Waals surface area contributed by atoms with E-state index in [-0.39, 0.29) is 0 Å². The highest BCUT2D eigenvalue weighted by molar-refractivity contribution is 5.84. The fourth-order valence-corrected chi connectivity index (χ4v) is 2.30. The van der Waals surface area contributed by atoms with Gasteiger partial charge in [0.05, 0.1) is 12.5 Å². The minimum atomic E-state index is -0.790. The first-order valence-electron chi connectivity index (χ1n) is 4.99. The molecule has 0 heterocycles. The zero-order valence-corrected chi connectivity index (χ0v) is 8.91. The van der Waals surface area contributed by atoms with Gasteiger partial charge in [-0.3, -0.25) is 4.79 Å². The van der Waals surface area contributed by atoms with Gasteiger partial charge in [0, 0.05) is 5.56 Å². The van der Waals surface area contributed by atoms with Crippen LogP contribution in [0.5, 0.6) is 5.75 Å². The lowest BCUT2D eigenvalue weighted by Crippen LogP contribution is -2.29. The van der Waals surface area contributed by atoms with Crippen LogP contribution in [0.3, 0.4) is 0 Å². The molecule has 1 aliphatic carbocycles. The number of aliphatic carboxylic acids is 1. The summed E-state index contributed by atoms with van der Waals surface area (Å²) in [7, 11) is 1.58. The molecule has 2 rings (SSSR count). The molecule has 1 aromatic rings. The summed E-state index contributed by atoms with van der Waals surface area (Å²) < 4.78 is 5.24. The predicted octanol–water partition coefficient (Wildman–Crippen LogP) is 1.98. The Labute approximate surface area is 88.7 Å². The van der Waals surface area contributed by atoms with Crippen LogP contribution < -0.4 is 4.74 Å². The lowest BCUT2D eigenvalue weighted by molar-refractivity contribution is -0.143. The topological polar surface area (TPSA) is 46.5 Å². The molecule has 0 saturated heterocycles. The van der Waals surface area contributed by atoms with Gasteiger partial charge in [0.2, 0.25) is 0 Å². The molecule has 0 spiro atoms. The Morgan fingerprint density at radius 2 is 2.27 bits per heavy atom. The SMILES string of the molecule is COc1cccc2c1[C@](C)(C(=O)O)CC2. The molecule has 0 fully saturated rings. The molecule has 1 N–H and O–H groups in total. The minimum Gasteiger partial charge on any atom is -0.496 e. The van der Waals surface area contributed by atoms with Crippen molar-refractivity contribution in [2.24, 2.45) is 0 Å². The van der Waals surface area contributed by atoms with Crippen LogP contribution in [0.25, 0.3) is 0 Å². The summed E-state index contributed by atoms with van der Waals surface area (Å²) in [4.78, 5) is 11.3. The highest BCUT2D eigenvalue weighted by Crippen LogP contribution is 2.43. The van der Waals surface area contributed by atoms with Crippen LogP contribution in [0.4, 0.5) is 0 Å². The fourth-order valence-electron chi connectivity index (χ4n) is 2.30. The molecule has 0 unspecified atom stereocenters. The van der Waals surface area contributed by atoms with Gasteiger partial charge >= 0.3 is 5.97 Å². The predicted molar refractivity (Wildman–Crippen MR) is 56.3 cm³/mol. The summed E-state index contributed by atoms with van der Waals surface area (Å²) in [5.74, 6) is -0.0827. The van der Waals surface area contributed by atoms with Gasteiger partial charge in [-0.25, -0.2) is 0 Å². The Kier molecular flexibility index (Phi) is 2.18. The molecule has 0 radical (unpaired) electrons. The molecule has 0 aliphatic heterocycles. The average Bonchev–Trinajstić information content (AvgIpc) is 2.58. The highest BCUT2D eigenvalue weighted by Gasteiger charge is 2.43. The molecular formula is C12H14O3. The Morgan fingerprint density at radius 1 is 1.53 bits per heavy atom. The highest BCUT2D eigenvalue weighted by atomic mass is 16.5. The van der Waals surface area contributed by atoms with Crippen LogP contribution >= 0.6 is 0 Å². The van der Waals surface area contributed by atoms with Gasteiger partial charge in [-0.1, -0.05) is 12.1 Å². The summed E-state index contributed by atoms with van der Waals surface area (Å²) in [6.07, 6.45) is 1.47. The molecule has 80 valence electrons. The van der Waals surface area contributed by atoms with Crippen molar-refractivity contribution in [2.75, 3.05) is 7.11 Å². The van der Waals surface area contributed by atoms with Gasteiger partial charge in [0.25, 0.3) is 0 Å². The molecule has 1 aliphatic rings. The largest absolute Gasteiger partial charge is 0.496 e. The summed E-state index contributed by atoms with van der Waals surface area (Å²) in [6, 6.07) is 5.71. The number of rotatable bonds is 2. The number of carbonyl (C=O) groups is 1. The second-order valence-electron chi connectivity index (χ2n) is 4.13. The molecule has 0 saturated carbocycles. The number of hydrogen-bond acceptors (Lipinski definition) is 2. The fraction of sp³-hybridized carbons (Fsp3) is 0.417. The van der Waals surface area contributed by atoms with E-state index < -0.39 is 11.4 Å². The monoisotopic (exact) mass is 206 g/mol. The van der Waals surface area contributed by atoms with E-state index in [0.29, 0.717) is 12.2 Å². The van der Waals surface area contributed by atoms with Crippen LogP contribution in [-0.2, 0) is 16.6 Å². The van der Waals surface area contributed by atoms with E-state index in [1.54, 1.807) is 14.0 Å². The lowest BCUT2D eigenvalue weighted by atomic mass is 9.84. The van der Waals surface area contributed by atoms with Crippen molar-refractivity contribution in [1.29, 1.82) is 0 Å². The Morgan fingerprint density at radius 3 is 2.87 bits per heavy atom. The quantitative estimate of drug-likeness (QED) is 0.804. The van der Waals surface area contributed by atoms with Crippen molar-refractivity contribution in [3.8, 4) is 5.75 Å². The van der Waals surface area contributed by atoms with Crippen molar-refractivity contribution in [3.63, 3.8) is 0 Å². The lowest BCUT2D eigenvalue weighted by Gasteiger charge is -2.21. The second kappa shape index (κ2) is 3.26. The van der Waals surface area contributed by atoms with E-state index in [0.717, 1.165) is 17.5 Å².